The summed E-state index contributed by atoms with van der Waals surface area (Å²) >= 11 is 0. The minimum atomic E-state index is -1.03. The highest BCUT2D eigenvalue weighted by molar-refractivity contribution is 6.02. The number of hydrogen-bond donors (Lipinski definition) is 4. The van der Waals surface area contributed by atoms with Crippen molar-refractivity contribution in [2.45, 2.75) is 105 Å². The SMILES string of the molecule is CCCCCOCc1c(C)c2cc3nc(c(C)c4[nH]c(cc5nc(cc1[nH]2)C(C)=C5CC)c(C)c4C(=O)O)[C@@H](CCC(=O)O)[C@@H]3C. The molecule has 5 rings (SSSR count). The molecular formula is C37H46N4O5. The van der Waals surface area contributed by atoms with Gasteiger partial charge in [0.1, 0.15) is 0 Å². The number of nitrogens with zero attached hydrogens (tertiary/aromatic N) is 2. The zero-order chi connectivity index (χ0) is 33.3. The number of carboxylic acid groups (broad SMARTS) is 2. The number of carbonyl (C=O) groups is 2. The Morgan fingerprint density at radius 1 is 0.891 bits per heavy atom. The lowest BCUT2D eigenvalue weighted by atomic mass is 9.86. The first-order valence-corrected chi connectivity index (χ1v) is 16.4. The molecule has 0 fully saturated rings. The van der Waals surface area contributed by atoms with Crippen molar-refractivity contribution in [3.05, 3.63) is 68.8 Å². The van der Waals surface area contributed by atoms with Crippen molar-refractivity contribution in [3.63, 3.8) is 0 Å². The summed E-state index contributed by atoms with van der Waals surface area (Å²) in [6, 6.07) is 6.10. The van der Waals surface area contributed by atoms with Crippen molar-refractivity contribution in [2.75, 3.05) is 6.61 Å². The largest absolute Gasteiger partial charge is 0.481 e. The molecule has 2 aliphatic heterocycles. The maximum absolute atomic E-state index is 12.6. The summed E-state index contributed by atoms with van der Waals surface area (Å²) in [6.07, 6.45) is 4.44. The number of carboxylic acids is 2. The van der Waals surface area contributed by atoms with Crippen LogP contribution in [0, 0.1) is 20.8 Å². The summed E-state index contributed by atoms with van der Waals surface area (Å²) in [5.74, 6) is -2.16. The molecule has 3 aromatic rings. The highest BCUT2D eigenvalue weighted by Gasteiger charge is 2.32. The average molecular weight is 627 g/mol. The zero-order valence-corrected chi connectivity index (χ0v) is 28.1. The molecule has 0 unspecified atom stereocenters. The number of aryl methyl sites for hydroxylation is 3. The van der Waals surface area contributed by atoms with Crippen LogP contribution in [0.1, 0.15) is 133 Å². The first-order chi connectivity index (χ1) is 22.0. The van der Waals surface area contributed by atoms with Gasteiger partial charge in [-0.3, -0.25) is 9.78 Å². The summed E-state index contributed by atoms with van der Waals surface area (Å²) in [4.78, 5) is 41.5. The monoisotopic (exact) mass is 626 g/mol. The van der Waals surface area contributed by atoms with E-state index in [-0.39, 0.29) is 23.8 Å². The van der Waals surface area contributed by atoms with Crippen molar-refractivity contribution in [3.8, 4) is 0 Å². The van der Waals surface area contributed by atoms with Gasteiger partial charge in [-0.05, 0) is 93.0 Å². The zero-order valence-electron chi connectivity index (χ0n) is 28.1. The molecule has 0 amide bonds. The van der Waals surface area contributed by atoms with Gasteiger partial charge in [-0.2, -0.15) is 0 Å². The van der Waals surface area contributed by atoms with Crippen molar-refractivity contribution in [2.24, 2.45) is 0 Å². The molecule has 0 spiro atoms. The van der Waals surface area contributed by atoms with E-state index in [1.807, 2.05) is 19.9 Å². The molecule has 2 aliphatic rings. The van der Waals surface area contributed by atoms with E-state index in [0.29, 0.717) is 41.8 Å². The maximum Gasteiger partial charge on any atom is 0.338 e. The van der Waals surface area contributed by atoms with Gasteiger partial charge in [0.2, 0.25) is 0 Å². The average Bonchev–Trinajstić information content (AvgIpc) is 3.69. The number of nitrogens with one attached hydrogen (secondary N) is 2. The Labute approximate surface area is 270 Å². The lowest BCUT2D eigenvalue weighted by Gasteiger charge is -2.16. The van der Waals surface area contributed by atoms with E-state index in [4.69, 9.17) is 14.7 Å². The second-order valence-electron chi connectivity index (χ2n) is 12.7. The summed E-state index contributed by atoms with van der Waals surface area (Å²) in [7, 11) is 0. The number of H-pyrrole nitrogens is 2. The van der Waals surface area contributed by atoms with Gasteiger partial charge < -0.3 is 24.9 Å². The molecular weight excluding hydrogens is 580 g/mol. The number of aromatic carboxylic acids is 1. The first-order valence-electron chi connectivity index (χ1n) is 16.4. The van der Waals surface area contributed by atoms with Crippen LogP contribution in [0.25, 0.3) is 33.2 Å². The molecule has 8 bridgehead atoms. The van der Waals surface area contributed by atoms with Crippen LogP contribution in [-0.4, -0.2) is 48.7 Å². The predicted octanol–water partition coefficient (Wildman–Crippen LogP) is 8.74. The van der Waals surface area contributed by atoms with Crippen molar-refractivity contribution >= 4 is 45.2 Å². The molecule has 3 aromatic heterocycles. The molecule has 0 saturated carbocycles. The Kier molecular flexibility index (Phi) is 9.82. The Morgan fingerprint density at radius 2 is 1.61 bits per heavy atom. The van der Waals surface area contributed by atoms with Gasteiger partial charge in [0.15, 0.2) is 0 Å². The van der Waals surface area contributed by atoms with E-state index in [9.17, 15) is 19.8 Å². The van der Waals surface area contributed by atoms with Crippen molar-refractivity contribution in [1.82, 2.24) is 19.9 Å². The highest BCUT2D eigenvalue weighted by atomic mass is 16.5. The minimum absolute atomic E-state index is 0.00672. The number of unbranched alkanes of at least 4 members (excludes halogenated alkanes) is 2. The maximum atomic E-state index is 12.6. The number of fused-ring (bicyclic) bond motifs is 8. The normalized spacial score (nSPS) is 16.3. The van der Waals surface area contributed by atoms with Crippen LogP contribution >= 0.6 is 0 Å². The quantitative estimate of drug-likeness (QED) is 0.156. The Bertz CT molecular complexity index is 1880. The fraction of sp³-hybridized carbons (Fsp3) is 0.459. The number of hydrogen-bond acceptors (Lipinski definition) is 5. The van der Waals surface area contributed by atoms with Crippen LogP contribution in [0.2, 0.25) is 0 Å². The number of allylic oxidation sites excluding steroid dienone is 2. The molecule has 2 atom stereocenters. The number of aliphatic carboxylic acids is 1. The van der Waals surface area contributed by atoms with E-state index < -0.39 is 11.9 Å². The third-order valence-electron chi connectivity index (χ3n) is 9.79. The third kappa shape index (κ3) is 6.25. The van der Waals surface area contributed by atoms with Crippen molar-refractivity contribution < 1.29 is 24.5 Å². The van der Waals surface area contributed by atoms with Crippen LogP contribution in [0.5, 0.6) is 0 Å². The fourth-order valence-corrected chi connectivity index (χ4v) is 6.91. The number of aromatic amines is 2. The minimum Gasteiger partial charge on any atom is -0.481 e. The van der Waals surface area contributed by atoms with E-state index in [2.05, 4.69) is 56.7 Å². The smallest absolute Gasteiger partial charge is 0.338 e. The molecule has 0 aromatic carbocycles. The van der Waals surface area contributed by atoms with Crippen molar-refractivity contribution in [1.29, 1.82) is 0 Å². The molecule has 4 N–H and O–H groups in total. The van der Waals surface area contributed by atoms with Crippen LogP contribution in [0.4, 0.5) is 0 Å². The summed E-state index contributed by atoms with van der Waals surface area (Å²) in [5.41, 5.74) is 12.1. The molecule has 0 radical (unpaired) electrons. The van der Waals surface area contributed by atoms with E-state index in [0.717, 1.165) is 81.8 Å². The number of aromatic nitrogens is 4. The first kappa shape index (κ1) is 33.1. The number of ether oxygens (including phenoxy) is 1. The van der Waals surface area contributed by atoms with E-state index >= 15 is 0 Å². The van der Waals surface area contributed by atoms with Crippen LogP contribution < -0.4 is 0 Å². The topological polar surface area (TPSA) is 141 Å². The molecule has 9 nitrogen and oxygen atoms in total. The second kappa shape index (κ2) is 13.6. The van der Waals surface area contributed by atoms with Gasteiger partial charge in [-0.1, -0.05) is 33.6 Å². The van der Waals surface area contributed by atoms with Gasteiger partial charge >= 0.3 is 11.9 Å². The molecule has 244 valence electrons. The Morgan fingerprint density at radius 3 is 2.28 bits per heavy atom. The van der Waals surface area contributed by atoms with Gasteiger partial charge in [0.25, 0.3) is 0 Å². The Balaban J connectivity index is 1.87. The second-order valence-corrected chi connectivity index (χ2v) is 12.7. The third-order valence-corrected chi connectivity index (χ3v) is 9.79. The highest BCUT2D eigenvalue weighted by Crippen LogP contribution is 2.42. The lowest BCUT2D eigenvalue weighted by Crippen LogP contribution is -2.07. The van der Waals surface area contributed by atoms with Crippen LogP contribution in [0.3, 0.4) is 0 Å². The number of rotatable bonds is 11. The summed E-state index contributed by atoms with van der Waals surface area (Å²) in [6.45, 7) is 15.4. The molecule has 5 heterocycles. The Hall–Kier alpha value is -4.24. The van der Waals surface area contributed by atoms with Gasteiger partial charge in [0, 0.05) is 58.4 Å². The summed E-state index contributed by atoms with van der Waals surface area (Å²) in [5, 5.41) is 19.9. The van der Waals surface area contributed by atoms with Gasteiger partial charge in [-0.25, -0.2) is 9.78 Å². The van der Waals surface area contributed by atoms with E-state index in [1.165, 1.54) is 0 Å². The predicted molar refractivity (Wildman–Crippen MR) is 182 cm³/mol. The van der Waals surface area contributed by atoms with Crippen LogP contribution in [-0.2, 0) is 16.1 Å². The molecule has 0 saturated heterocycles. The van der Waals surface area contributed by atoms with Crippen LogP contribution in [0.15, 0.2) is 18.2 Å². The molecule has 0 aliphatic carbocycles. The fourth-order valence-electron chi connectivity index (χ4n) is 6.91. The molecule has 9 heteroatoms. The standard InChI is InChI=1S/C37H46N4O5/c1-8-10-11-14-46-18-26-21(5)27-15-29-20(4)25(12-13-33(42)43)35(40-29)23(7)36-34(37(44)45)22(6)30(41-36)17-31-24(9-2)19(3)28(38-31)16-32(26)39-27/h15-17,20,25,39,41H,8-14,18H2,1-7H3,(H,42,43)(H,44,45)/t20-,25-/m0/s1. The van der Waals surface area contributed by atoms with Gasteiger partial charge in [0.05, 0.1) is 29.1 Å². The molecule has 46 heavy (non-hydrogen) atoms. The van der Waals surface area contributed by atoms with E-state index in [1.54, 1.807) is 0 Å². The summed E-state index contributed by atoms with van der Waals surface area (Å²) < 4.78 is 6.17. The van der Waals surface area contributed by atoms with Gasteiger partial charge in [-0.15, -0.1) is 0 Å². The lowest BCUT2D eigenvalue weighted by molar-refractivity contribution is -0.137.